The molecule has 2 atom stereocenters. The molecule has 6 heteroatoms. The highest BCUT2D eigenvalue weighted by molar-refractivity contribution is 6.32. The predicted octanol–water partition coefficient (Wildman–Crippen LogP) is 5.68. The predicted molar refractivity (Wildman–Crippen MR) is 151 cm³/mol. The zero-order valence-electron chi connectivity index (χ0n) is 21.4. The second-order valence-electron chi connectivity index (χ2n) is 11.0. The second-order valence-corrected chi connectivity index (χ2v) is 11.4. The van der Waals surface area contributed by atoms with Gasteiger partial charge in [-0.2, -0.15) is 0 Å². The van der Waals surface area contributed by atoms with Crippen molar-refractivity contribution in [2.75, 3.05) is 37.6 Å². The first kappa shape index (κ1) is 24.6. The summed E-state index contributed by atoms with van der Waals surface area (Å²) < 4.78 is 5.91. The van der Waals surface area contributed by atoms with Crippen LogP contribution >= 0.6 is 11.6 Å². The molecule has 2 heterocycles. The Morgan fingerprint density at radius 2 is 1.78 bits per heavy atom. The number of ether oxygens (including phenoxy) is 1. The average molecular weight is 518 g/mol. The molecule has 0 radical (unpaired) electrons. The minimum atomic E-state index is 0.00505. The fraction of sp³-hybridized carbons (Fsp3) is 0.452. The first-order valence-corrected chi connectivity index (χ1v) is 14.2. The third-order valence-corrected chi connectivity index (χ3v) is 8.27. The summed E-state index contributed by atoms with van der Waals surface area (Å²) in [5, 5.41) is 6.58. The summed E-state index contributed by atoms with van der Waals surface area (Å²) in [6, 6.07) is 21.2. The van der Waals surface area contributed by atoms with Crippen molar-refractivity contribution in [2.45, 2.75) is 50.7 Å². The van der Waals surface area contributed by atoms with Gasteiger partial charge in [-0.25, -0.2) is 0 Å². The van der Waals surface area contributed by atoms with Gasteiger partial charge in [0, 0.05) is 31.4 Å². The molecule has 37 heavy (non-hydrogen) atoms. The van der Waals surface area contributed by atoms with Crippen molar-refractivity contribution < 1.29 is 9.53 Å². The summed E-state index contributed by atoms with van der Waals surface area (Å²) in [6.07, 6.45) is 6.68. The highest BCUT2D eigenvalue weighted by atomic mass is 35.5. The minimum absolute atomic E-state index is 0.00505. The Morgan fingerprint density at radius 3 is 2.57 bits per heavy atom. The van der Waals surface area contributed by atoms with Crippen molar-refractivity contribution >= 4 is 34.0 Å². The Morgan fingerprint density at radius 1 is 0.973 bits per heavy atom. The molecular weight excluding hydrogens is 482 g/mol. The Hall–Kier alpha value is -2.76. The van der Waals surface area contributed by atoms with Crippen LogP contribution in [-0.4, -0.2) is 55.7 Å². The lowest BCUT2D eigenvalue weighted by Crippen LogP contribution is -2.46. The number of hydrogen-bond donors (Lipinski definition) is 1. The fourth-order valence-corrected chi connectivity index (χ4v) is 6.00. The van der Waals surface area contributed by atoms with Gasteiger partial charge in [0.25, 0.3) is 0 Å². The molecule has 194 valence electrons. The van der Waals surface area contributed by atoms with Crippen LogP contribution in [0.25, 0.3) is 10.8 Å². The molecule has 0 spiro atoms. The molecule has 6 rings (SSSR count). The molecule has 0 bridgehead atoms. The Balaban J connectivity index is 1.11. The SMILES string of the molecule is O=C(NC(Cc1ccc(OC2CC2)c(Cl)c1)CN1CCCC1)[C@@H]1CCN(c2ccc3ccccc3c2)C1. The standard InChI is InChI=1S/C31H36ClN3O2/c32-29-18-22(7-12-30(29)37-28-10-11-28)17-26(21-34-14-3-4-15-34)33-31(36)25-13-16-35(20-25)27-9-8-23-5-1-2-6-24(23)19-27/h1-2,5-9,12,18-19,25-26,28H,3-4,10-11,13-17,20-21H2,(H,33,36)/t25-,26?/m1/s1. The molecule has 1 aliphatic carbocycles. The molecule has 1 unspecified atom stereocenters. The van der Waals surface area contributed by atoms with Crippen LogP contribution in [-0.2, 0) is 11.2 Å². The van der Waals surface area contributed by atoms with Gasteiger partial charge in [0.1, 0.15) is 5.75 Å². The van der Waals surface area contributed by atoms with Crippen LogP contribution < -0.4 is 15.0 Å². The molecule has 3 aliphatic rings. The van der Waals surface area contributed by atoms with Gasteiger partial charge in [0.05, 0.1) is 17.0 Å². The van der Waals surface area contributed by atoms with E-state index in [9.17, 15) is 4.79 Å². The average Bonchev–Trinajstić information content (AvgIpc) is 3.34. The topological polar surface area (TPSA) is 44.8 Å². The Bertz CT molecular complexity index is 1250. The first-order chi connectivity index (χ1) is 18.1. The van der Waals surface area contributed by atoms with Gasteiger partial charge < -0.3 is 19.9 Å². The summed E-state index contributed by atoms with van der Waals surface area (Å²) in [5.41, 5.74) is 2.34. The van der Waals surface area contributed by atoms with E-state index in [1.54, 1.807) is 0 Å². The number of fused-ring (bicyclic) bond motifs is 1. The smallest absolute Gasteiger partial charge is 0.225 e. The van der Waals surface area contributed by atoms with Crippen LogP contribution in [0.3, 0.4) is 0 Å². The number of amides is 1. The molecule has 3 fully saturated rings. The van der Waals surface area contributed by atoms with Crippen LogP contribution in [0.5, 0.6) is 5.75 Å². The van der Waals surface area contributed by atoms with E-state index in [1.807, 2.05) is 12.1 Å². The molecule has 2 saturated heterocycles. The first-order valence-electron chi connectivity index (χ1n) is 13.8. The maximum absolute atomic E-state index is 13.5. The number of rotatable bonds is 9. The quantitative estimate of drug-likeness (QED) is 0.396. The van der Waals surface area contributed by atoms with E-state index in [0.717, 1.165) is 69.7 Å². The van der Waals surface area contributed by atoms with Gasteiger partial charge in [0.15, 0.2) is 0 Å². The van der Waals surface area contributed by atoms with Gasteiger partial charge >= 0.3 is 0 Å². The van der Waals surface area contributed by atoms with Gasteiger partial charge in [-0.1, -0.05) is 48.0 Å². The molecular formula is C31H36ClN3O2. The van der Waals surface area contributed by atoms with E-state index < -0.39 is 0 Å². The van der Waals surface area contributed by atoms with Crippen molar-refractivity contribution in [1.29, 1.82) is 0 Å². The van der Waals surface area contributed by atoms with Crippen LogP contribution in [0.2, 0.25) is 5.02 Å². The molecule has 1 saturated carbocycles. The number of benzene rings is 3. The van der Waals surface area contributed by atoms with E-state index in [-0.39, 0.29) is 17.9 Å². The second kappa shape index (κ2) is 10.9. The van der Waals surface area contributed by atoms with Crippen molar-refractivity contribution in [3.8, 4) is 5.75 Å². The zero-order valence-corrected chi connectivity index (χ0v) is 22.1. The number of halogens is 1. The van der Waals surface area contributed by atoms with E-state index in [0.29, 0.717) is 11.1 Å². The van der Waals surface area contributed by atoms with E-state index in [4.69, 9.17) is 16.3 Å². The largest absolute Gasteiger partial charge is 0.489 e. The molecule has 2 aliphatic heterocycles. The van der Waals surface area contributed by atoms with Crippen molar-refractivity contribution in [2.24, 2.45) is 5.92 Å². The highest BCUT2D eigenvalue weighted by Crippen LogP contribution is 2.33. The molecule has 0 aromatic heterocycles. The number of likely N-dealkylation sites (tertiary alicyclic amines) is 1. The number of nitrogens with one attached hydrogen (secondary N) is 1. The summed E-state index contributed by atoms with van der Waals surface area (Å²) in [4.78, 5) is 18.3. The number of carbonyl (C=O) groups is 1. The third-order valence-electron chi connectivity index (χ3n) is 7.98. The van der Waals surface area contributed by atoms with Crippen LogP contribution in [0.15, 0.2) is 60.7 Å². The molecule has 3 aromatic carbocycles. The van der Waals surface area contributed by atoms with Crippen LogP contribution in [0.1, 0.15) is 37.7 Å². The van der Waals surface area contributed by atoms with Gasteiger partial charge in [-0.05, 0) is 92.2 Å². The monoisotopic (exact) mass is 517 g/mol. The Kier molecular flexibility index (Phi) is 7.25. The van der Waals surface area contributed by atoms with E-state index >= 15 is 0 Å². The lowest BCUT2D eigenvalue weighted by molar-refractivity contribution is -0.125. The maximum Gasteiger partial charge on any atom is 0.225 e. The van der Waals surface area contributed by atoms with Crippen LogP contribution in [0.4, 0.5) is 5.69 Å². The van der Waals surface area contributed by atoms with Gasteiger partial charge in [-0.15, -0.1) is 0 Å². The maximum atomic E-state index is 13.5. The molecule has 1 amide bonds. The third kappa shape index (κ3) is 6.05. The van der Waals surface area contributed by atoms with Gasteiger partial charge in [0.2, 0.25) is 5.91 Å². The number of carbonyl (C=O) groups excluding carboxylic acids is 1. The van der Waals surface area contributed by atoms with Crippen LogP contribution in [0, 0.1) is 5.92 Å². The van der Waals surface area contributed by atoms with Crippen molar-refractivity contribution in [3.05, 3.63) is 71.2 Å². The van der Waals surface area contributed by atoms with Gasteiger partial charge in [-0.3, -0.25) is 4.79 Å². The normalized spacial score (nSPS) is 20.9. The number of hydrogen-bond acceptors (Lipinski definition) is 4. The van der Waals surface area contributed by atoms with Crippen molar-refractivity contribution in [1.82, 2.24) is 10.2 Å². The highest BCUT2D eigenvalue weighted by Gasteiger charge is 2.31. The molecule has 3 aromatic rings. The minimum Gasteiger partial charge on any atom is -0.489 e. The summed E-state index contributed by atoms with van der Waals surface area (Å²) in [7, 11) is 0. The number of anilines is 1. The summed E-state index contributed by atoms with van der Waals surface area (Å²) >= 11 is 6.55. The zero-order chi connectivity index (χ0) is 25.2. The van der Waals surface area contributed by atoms with Crippen molar-refractivity contribution in [3.63, 3.8) is 0 Å². The number of nitrogens with zero attached hydrogens (tertiary/aromatic N) is 2. The lowest BCUT2D eigenvalue weighted by atomic mass is 10.0. The summed E-state index contributed by atoms with van der Waals surface area (Å²) in [6.45, 7) is 4.77. The molecule has 5 nitrogen and oxygen atoms in total. The van der Waals surface area contributed by atoms with E-state index in [2.05, 4.69) is 63.6 Å². The van der Waals surface area contributed by atoms with E-state index in [1.165, 1.54) is 29.3 Å². The fourth-order valence-electron chi connectivity index (χ4n) is 5.76. The lowest BCUT2D eigenvalue weighted by Gasteiger charge is -2.26. The Labute approximate surface area is 224 Å². The summed E-state index contributed by atoms with van der Waals surface area (Å²) in [5.74, 6) is 0.950. The molecule has 1 N–H and O–H groups in total.